The van der Waals surface area contributed by atoms with E-state index in [-0.39, 0.29) is 12.0 Å². The standard InChI is InChI=1S/C18H20BrNO3S/c1-5-14-11(4)24-17(15(14)18(22)23-10(2)3)20-16(21)12-7-6-8-13(19)9-12/h6-10H,5H2,1-4H3,(H,20,21). The molecule has 0 aliphatic rings. The van der Waals surface area contributed by atoms with Gasteiger partial charge in [0.1, 0.15) is 5.00 Å². The molecule has 1 amide bonds. The van der Waals surface area contributed by atoms with Gasteiger partial charge in [0.15, 0.2) is 0 Å². The van der Waals surface area contributed by atoms with Gasteiger partial charge in [-0.2, -0.15) is 0 Å². The third-order valence-corrected chi connectivity index (χ3v) is 4.98. The molecule has 0 radical (unpaired) electrons. The second-order valence-electron chi connectivity index (χ2n) is 5.61. The van der Waals surface area contributed by atoms with E-state index in [4.69, 9.17) is 4.74 Å². The Hall–Kier alpha value is -1.66. The number of hydrogen-bond acceptors (Lipinski definition) is 4. The monoisotopic (exact) mass is 409 g/mol. The van der Waals surface area contributed by atoms with Crippen LogP contribution in [0.1, 0.15) is 51.9 Å². The van der Waals surface area contributed by atoms with Gasteiger partial charge in [0, 0.05) is 14.9 Å². The number of ether oxygens (including phenoxy) is 1. The van der Waals surface area contributed by atoms with Gasteiger partial charge in [-0.15, -0.1) is 11.3 Å². The molecule has 0 saturated carbocycles. The number of anilines is 1. The molecule has 2 aromatic rings. The van der Waals surface area contributed by atoms with E-state index in [2.05, 4.69) is 21.2 Å². The third-order valence-electron chi connectivity index (χ3n) is 3.42. The Bertz CT molecular complexity index is 768. The van der Waals surface area contributed by atoms with Crippen molar-refractivity contribution in [1.29, 1.82) is 0 Å². The molecule has 6 heteroatoms. The van der Waals surface area contributed by atoms with E-state index >= 15 is 0 Å². The zero-order chi connectivity index (χ0) is 17.9. The minimum atomic E-state index is -0.393. The molecule has 1 aromatic heterocycles. The molecular formula is C18H20BrNO3S. The summed E-state index contributed by atoms with van der Waals surface area (Å²) in [7, 11) is 0. The lowest BCUT2D eigenvalue weighted by atomic mass is 10.1. The first-order valence-corrected chi connectivity index (χ1v) is 9.34. The molecule has 0 saturated heterocycles. The highest BCUT2D eigenvalue weighted by Gasteiger charge is 2.24. The second kappa shape index (κ2) is 7.94. The molecule has 0 bridgehead atoms. The summed E-state index contributed by atoms with van der Waals surface area (Å²) in [4.78, 5) is 26.0. The summed E-state index contributed by atoms with van der Waals surface area (Å²) in [5, 5.41) is 3.40. The molecule has 4 nitrogen and oxygen atoms in total. The van der Waals surface area contributed by atoms with Crippen LogP contribution >= 0.6 is 27.3 Å². The molecule has 0 aliphatic heterocycles. The summed E-state index contributed by atoms with van der Waals surface area (Å²) < 4.78 is 6.17. The average molecular weight is 410 g/mol. The number of benzene rings is 1. The van der Waals surface area contributed by atoms with Crippen molar-refractivity contribution in [2.45, 2.75) is 40.2 Å². The molecule has 0 aliphatic carbocycles. The molecule has 1 heterocycles. The number of aryl methyl sites for hydroxylation is 1. The van der Waals surface area contributed by atoms with Crippen molar-refractivity contribution in [3.63, 3.8) is 0 Å². The summed E-state index contributed by atoms with van der Waals surface area (Å²) in [5.74, 6) is -0.644. The van der Waals surface area contributed by atoms with Crippen LogP contribution in [-0.2, 0) is 11.2 Å². The van der Waals surface area contributed by atoms with E-state index < -0.39 is 5.97 Å². The maximum absolute atomic E-state index is 12.5. The number of halogens is 1. The molecule has 0 spiro atoms. The summed E-state index contributed by atoms with van der Waals surface area (Å²) in [6.07, 6.45) is 0.494. The third kappa shape index (κ3) is 4.24. The lowest BCUT2D eigenvalue weighted by molar-refractivity contribution is 0.0378. The van der Waals surface area contributed by atoms with E-state index in [0.29, 0.717) is 22.5 Å². The first kappa shape index (κ1) is 18.7. The van der Waals surface area contributed by atoms with Gasteiger partial charge in [0.2, 0.25) is 0 Å². The summed E-state index contributed by atoms with van der Waals surface area (Å²) in [6.45, 7) is 7.55. The SMILES string of the molecule is CCc1c(C)sc(NC(=O)c2cccc(Br)c2)c1C(=O)OC(C)C. The molecule has 1 aromatic carbocycles. The minimum absolute atomic E-state index is 0.212. The van der Waals surface area contributed by atoms with E-state index in [1.54, 1.807) is 18.2 Å². The minimum Gasteiger partial charge on any atom is -0.459 e. The summed E-state index contributed by atoms with van der Waals surface area (Å²) in [6, 6.07) is 7.12. The van der Waals surface area contributed by atoms with Crippen molar-refractivity contribution >= 4 is 44.1 Å². The van der Waals surface area contributed by atoms with Gasteiger partial charge < -0.3 is 10.1 Å². The van der Waals surface area contributed by atoms with E-state index in [0.717, 1.165) is 14.9 Å². The van der Waals surface area contributed by atoms with Gasteiger partial charge >= 0.3 is 5.97 Å². The Morgan fingerprint density at radius 2 is 2.04 bits per heavy atom. The Balaban J connectivity index is 2.36. The van der Waals surface area contributed by atoms with Crippen LogP contribution in [-0.4, -0.2) is 18.0 Å². The summed E-state index contributed by atoms with van der Waals surface area (Å²) in [5.41, 5.74) is 1.92. The maximum atomic E-state index is 12.5. The van der Waals surface area contributed by atoms with Crippen LogP contribution in [0.4, 0.5) is 5.00 Å². The van der Waals surface area contributed by atoms with Gasteiger partial charge in [-0.25, -0.2) is 4.79 Å². The maximum Gasteiger partial charge on any atom is 0.341 e. The molecular weight excluding hydrogens is 390 g/mol. The number of amides is 1. The topological polar surface area (TPSA) is 55.4 Å². The lowest BCUT2D eigenvalue weighted by Gasteiger charge is -2.11. The van der Waals surface area contributed by atoms with Crippen molar-refractivity contribution in [3.8, 4) is 0 Å². The Morgan fingerprint density at radius 3 is 2.62 bits per heavy atom. The van der Waals surface area contributed by atoms with Gasteiger partial charge in [-0.3, -0.25) is 4.79 Å². The van der Waals surface area contributed by atoms with Crippen molar-refractivity contribution in [2.24, 2.45) is 0 Å². The Morgan fingerprint density at radius 1 is 1.33 bits per heavy atom. The number of carbonyl (C=O) groups is 2. The van der Waals surface area contributed by atoms with Crippen LogP contribution in [0.2, 0.25) is 0 Å². The van der Waals surface area contributed by atoms with Crippen LogP contribution in [0.25, 0.3) is 0 Å². The van der Waals surface area contributed by atoms with Crippen LogP contribution in [0.5, 0.6) is 0 Å². The van der Waals surface area contributed by atoms with Crippen LogP contribution in [0, 0.1) is 6.92 Å². The fourth-order valence-corrected chi connectivity index (χ4v) is 3.91. The van der Waals surface area contributed by atoms with Gasteiger partial charge in [0.25, 0.3) is 5.91 Å². The molecule has 0 atom stereocenters. The number of rotatable bonds is 5. The average Bonchev–Trinajstić information content (AvgIpc) is 2.81. The number of hydrogen-bond donors (Lipinski definition) is 1. The highest BCUT2D eigenvalue weighted by Crippen LogP contribution is 2.34. The van der Waals surface area contributed by atoms with Crippen molar-refractivity contribution in [2.75, 3.05) is 5.32 Å². The molecule has 0 unspecified atom stereocenters. The number of carbonyl (C=O) groups excluding carboxylic acids is 2. The molecule has 24 heavy (non-hydrogen) atoms. The quantitative estimate of drug-likeness (QED) is 0.690. The van der Waals surface area contributed by atoms with Gasteiger partial charge in [-0.05, 0) is 51.0 Å². The first-order valence-electron chi connectivity index (χ1n) is 7.73. The second-order valence-corrected chi connectivity index (χ2v) is 7.75. The molecule has 0 fully saturated rings. The normalized spacial score (nSPS) is 10.8. The Labute approximate surface area is 154 Å². The van der Waals surface area contributed by atoms with Crippen LogP contribution in [0.3, 0.4) is 0 Å². The molecule has 128 valence electrons. The number of thiophene rings is 1. The fraction of sp³-hybridized carbons (Fsp3) is 0.333. The van der Waals surface area contributed by atoms with Crippen molar-refractivity contribution in [3.05, 3.63) is 50.3 Å². The van der Waals surface area contributed by atoms with Crippen LogP contribution in [0.15, 0.2) is 28.7 Å². The van der Waals surface area contributed by atoms with Gasteiger partial charge in [0.05, 0.1) is 11.7 Å². The van der Waals surface area contributed by atoms with Crippen LogP contribution < -0.4 is 5.32 Å². The van der Waals surface area contributed by atoms with Gasteiger partial charge in [-0.1, -0.05) is 28.9 Å². The van der Waals surface area contributed by atoms with Crippen molar-refractivity contribution in [1.82, 2.24) is 0 Å². The first-order chi connectivity index (χ1) is 11.3. The molecule has 1 N–H and O–H groups in total. The van der Waals surface area contributed by atoms with E-state index in [9.17, 15) is 9.59 Å². The van der Waals surface area contributed by atoms with E-state index in [1.165, 1.54) is 11.3 Å². The lowest BCUT2D eigenvalue weighted by Crippen LogP contribution is -2.17. The zero-order valence-electron chi connectivity index (χ0n) is 14.1. The van der Waals surface area contributed by atoms with E-state index in [1.807, 2.05) is 33.8 Å². The number of esters is 1. The Kier molecular flexibility index (Phi) is 6.18. The summed E-state index contributed by atoms with van der Waals surface area (Å²) >= 11 is 4.76. The predicted octanol–water partition coefficient (Wildman–Crippen LogP) is 5.20. The highest BCUT2D eigenvalue weighted by atomic mass is 79.9. The fourth-order valence-electron chi connectivity index (χ4n) is 2.39. The largest absolute Gasteiger partial charge is 0.459 e. The molecule has 2 rings (SSSR count). The number of nitrogens with one attached hydrogen (secondary N) is 1. The smallest absolute Gasteiger partial charge is 0.341 e. The zero-order valence-corrected chi connectivity index (χ0v) is 16.5. The highest BCUT2D eigenvalue weighted by molar-refractivity contribution is 9.10. The van der Waals surface area contributed by atoms with Crippen molar-refractivity contribution < 1.29 is 14.3 Å². The predicted molar refractivity (Wildman–Crippen MR) is 101 cm³/mol.